The van der Waals surface area contributed by atoms with Crippen LogP contribution in [0, 0.1) is 16.7 Å². The molecular weight excluding hydrogens is 236 g/mol. The lowest BCUT2D eigenvalue weighted by Gasteiger charge is -2.44. The van der Waals surface area contributed by atoms with Crippen molar-refractivity contribution in [3.8, 4) is 11.9 Å². The van der Waals surface area contributed by atoms with Crippen LogP contribution in [-0.4, -0.2) is 10.6 Å². The molecule has 2 aliphatic rings. The highest BCUT2D eigenvalue weighted by Crippen LogP contribution is 2.44. The largest absolute Gasteiger partial charge is 0.471 e. The highest BCUT2D eigenvalue weighted by atomic mass is 16.5. The first-order valence-corrected chi connectivity index (χ1v) is 7.10. The summed E-state index contributed by atoms with van der Waals surface area (Å²) in [5.74, 6) is 0.824. The molecule has 1 aliphatic carbocycles. The number of aromatic nitrogens is 1. The SMILES string of the molecule is CC(C)(C#N)Cc1cnc2c(c1)CCC1(CCC1)O2. The van der Waals surface area contributed by atoms with E-state index in [2.05, 4.69) is 17.1 Å². The van der Waals surface area contributed by atoms with Crippen molar-refractivity contribution in [1.82, 2.24) is 4.98 Å². The molecule has 19 heavy (non-hydrogen) atoms. The third-order valence-electron chi connectivity index (χ3n) is 4.36. The molecule has 1 aromatic heterocycles. The summed E-state index contributed by atoms with van der Waals surface area (Å²) in [6, 6.07) is 4.52. The minimum atomic E-state index is -0.333. The van der Waals surface area contributed by atoms with Crippen molar-refractivity contribution >= 4 is 0 Å². The van der Waals surface area contributed by atoms with E-state index in [4.69, 9.17) is 10.00 Å². The third kappa shape index (κ3) is 2.32. The van der Waals surface area contributed by atoms with Crippen LogP contribution in [0.1, 0.15) is 50.7 Å². The van der Waals surface area contributed by atoms with E-state index >= 15 is 0 Å². The van der Waals surface area contributed by atoms with Crippen LogP contribution in [0.5, 0.6) is 5.88 Å². The molecule has 0 radical (unpaired) electrons. The second kappa shape index (κ2) is 4.23. The molecule has 0 saturated heterocycles. The second-order valence-corrected chi connectivity index (χ2v) is 6.62. The predicted molar refractivity (Wildman–Crippen MR) is 72.9 cm³/mol. The Morgan fingerprint density at radius 3 is 2.84 bits per heavy atom. The van der Waals surface area contributed by atoms with Crippen LogP contribution in [0.25, 0.3) is 0 Å². The maximum atomic E-state index is 9.11. The Bertz CT molecular complexity index is 538. The van der Waals surface area contributed by atoms with E-state index in [0.29, 0.717) is 0 Å². The van der Waals surface area contributed by atoms with Gasteiger partial charge in [0.25, 0.3) is 0 Å². The number of pyridine rings is 1. The Morgan fingerprint density at radius 1 is 1.42 bits per heavy atom. The summed E-state index contributed by atoms with van der Waals surface area (Å²) in [6.45, 7) is 3.93. The molecule has 0 amide bonds. The Kier molecular flexibility index (Phi) is 2.78. The first kappa shape index (κ1) is 12.5. The van der Waals surface area contributed by atoms with E-state index in [1.807, 2.05) is 20.0 Å². The Hall–Kier alpha value is -1.56. The number of nitrogens with zero attached hydrogens (tertiary/aromatic N) is 2. The zero-order valence-corrected chi connectivity index (χ0v) is 11.7. The quantitative estimate of drug-likeness (QED) is 0.814. The molecule has 3 nitrogen and oxygen atoms in total. The van der Waals surface area contributed by atoms with Crippen molar-refractivity contribution in [2.45, 2.75) is 58.0 Å². The van der Waals surface area contributed by atoms with Gasteiger partial charge in [0.2, 0.25) is 5.88 Å². The average Bonchev–Trinajstić information content (AvgIpc) is 2.36. The Labute approximate surface area is 114 Å². The number of fused-ring (bicyclic) bond motifs is 1. The first-order valence-electron chi connectivity index (χ1n) is 7.10. The number of rotatable bonds is 2. The molecule has 0 atom stereocenters. The number of aryl methyl sites for hydroxylation is 1. The summed E-state index contributed by atoms with van der Waals surface area (Å²) in [7, 11) is 0. The summed E-state index contributed by atoms with van der Waals surface area (Å²) < 4.78 is 6.09. The number of nitriles is 1. The fourth-order valence-electron chi connectivity index (χ4n) is 3.01. The van der Waals surface area contributed by atoms with Crippen LogP contribution in [0.2, 0.25) is 0 Å². The number of hydrogen-bond acceptors (Lipinski definition) is 3. The van der Waals surface area contributed by atoms with Crippen molar-refractivity contribution in [2.75, 3.05) is 0 Å². The Balaban J connectivity index is 1.80. The van der Waals surface area contributed by atoms with Gasteiger partial charge in [-0.15, -0.1) is 0 Å². The van der Waals surface area contributed by atoms with Crippen LogP contribution in [0.15, 0.2) is 12.3 Å². The molecule has 3 rings (SSSR count). The molecule has 0 aromatic carbocycles. The number of ether oxygens (including phenoxy) is 1. The van der Waals surface area contributed by atoms with Gasteiger partial charge in [0.05, 0.1) is 11.5 Å². The van der Waals surface area contributed by atoms with Gasteiger partial charge in [-0.3, -0.25) is 0 Å². The molecule has 1 aliphatic heterocycles. The third-order valence-corrected chi connectivity index (χ3v) is 4.36. The minimum Gasteiger partial charge on any atom is -0.471 e. The fourth-order valence-corrected chi connectivity index (χ4v) is 3.01. The van der Waals surface area contributed by atoms with Crippen molar-refractivity contribution in [3.05, 3.63) is 23.4 Å². The summed E-state index contributed by atoms with van der Waals surface area (Å²) in [5.41, 5.74) is 2.12. The molecule has 2 heterocycles. The number of hydrogen-bond donors (Lipinski definition) is 0. The van der Waals surface area contributed by atoms with Gasteiger partial charge in [-0.05, 0) is 64.0 Å². The van der Waals surface area contributed by atoms with E-state index in [0.717, 1.165) is 30.7 Å². The molecule has 0 bridgehead atoms. The molecule has 1 aromatic rings. The molecule has 100 valence electrons. The zero-order valence-electron chi connectivity index (χ0n) is 11.7. The van der Waals surface area contributed by atoms with Crippen molar-refractivity contribution in [3.63, 3.8) is 0 Å². The molecule has 0 N–H and O–H groups in total. The second-order valence-electron chi connectivity index (χ2n) is 6.62. The molecule has 1 saturated carbocycles. The van der Waals surface area contributed by atoms with Gasteiger partial charge in [0, 0.05) is 11.8 Å². The maximum absolute atomic E-state index is 9.11. The molecule has 3 heteroatoms. The van der Waals surface area contributed by atoms with Crippen molar-refractivity contribution in [1.29, 1.82) is 5.26 Å². The van der Waals surface area contributed by atoms with Gasteiger partial charge in [0.1, 0.15) is 5.60 Å². The predicted octanol–water partition coefficient (Wildman–Crippen LogP) is 3.42. The highest BCUT2D eigenvalue weighted by Gasteiger charge is 2.42. The lowest BCUT2D eigenvalue weighted by molar-refractivity contribution is -0.0290. The highest BCUT2D eigenvalue weighted by molar-refractivity contribution is 5.34. The van der Waals surface area contributed by atoms with E-state index in [9.17, 15) is 0 Å². The van der Waals surface area contributed by atoms with Gasteiger partial charge in [-0.25, -0.2) is 4.98 Å². The summed E-state index contributed by atoms with van der Waals surface area (Å²) in [4.78, 5) is 4.48. The van der Waals surface area contributed by atoms with Gasteiger partial charge in [-0.1, -0.05) is 0 Å². The normalized spacial score (nSPS) is 20.1. The molecule has 0 unspecified atom stereocenters. The van der Waals surface area contributed by atoms with Crippen molar-refractivity contribution < 1.29 is 4.74 Å². The standard InChI is InChI=1S/C16H20N2O/c1-15(2,11-17)9-12-8-13-4-7-16(5-3-6-16)19-14(13)18-10-12/h8,10H,3-7,9H2,1-2H3. The van der Waals surface area contributed by atoms with E-state index < -0.39 is 0 Å². The first-order chi connectivity index (χ1) is 9.02. The minimum absolute atomic E-state index is 0.105. The molecule has 1 spiro atoms. The topological polar surface area (TPSA) is 45.9 Å². The van der Waals surface area contributed by atoms with Gasteiger partial charge in [0.15, 0.2) is 0 Å². The lowest BCUT2D eigenvalue weighted by Crippen LogP contribution is -2.46. The van der Waals surface area contributed by atoms with E-state index in [-0.39, 0.29) is 11.0 Å². The average molecular weight is 256 g/mol. The van der Waals surface area contributed by atoms with Crippen molar-refractivity contribution in [2.24, 2.45) is 5.41 Å². The molecule has 1 fully saturated rings. The summed E-state index contributed by atoms with van der Waals surface area (Å²) in [5, 5.41) is 9.11. The zero-order chi connectivity index (χ0) is 13.5. The van der Waals surface area contributed by atoms with Gasteiger partial charge < -0.3 is 4.74 Å². The van der Waals surface area contributed by atoms with Crippen LogP contribution < -0.4 is 4.74 Å². The monoisotopic (exact) mass is 256 g/mol. The summed E-state index contributed by atoms with van der Waals surface area (Å²) in [6.07, 6.45) is 8.43. The van der Waals surface area contributed by atoms with Crippen LogP contribution in [-0.2, 0) is 12.8 Å². The molecular formula is C16H20N2O. The van der Waals surface area contributed by atoms with Gasteiger partial charge in [-0.2, -0.15) is 5.26 Å². The van der Waals surface area contributed by atoms with E-state index in [1.165, 1.54) is 24.8 Å². The fraction of sp³-hybridized carbons (Fsp3) is 0.625. The van der Waals surface area contributed by atoms with Crippen LogP contribution >= 0.6 is 0 Å². The van der Waals surface area contributed by atoms with E-state index in [1.54, 1.807) is 0 Å². The Morgan fingerprint density at radius 2 is 2.21 bits per heavy atom. The lowest BCUT2D eigenvalue weighted by atomic mass is 9.75. The van der Waals surface area contributed by atoms with Gasteiger partial charge >= 0.3 is 0 Å². The maximum Gasteiger partial charge on any atom is 0.217 e. The smallest absolute Gasteiger partial charge is 0.217 e. The van der Waals surface area contributed by atoms with Crippen LogP contribution in [0.4, 0.5) is 0 Å². The summed E-state index contributed by atoms with van der Waals surface area (Å²) >= 11 is 0. The van der Waals surface area contributed by atoms with Crippen LogP contribution in [0.3, 0.4) is 0 Å².